The molecule has 0 aromatic rings. The molecule has 0 radical (unpaired) electrons. The van der Waals surface area contributed by atoms with Crippen LogP contribution in [0.1, 0.15) is 46.5 Å². The SMILES string of the molecule is CC(C)(C)NC(=O)CC(CN)NC1CCCC1CO. The highest BCUT2D eigenvalue weighted by molar-refractivity contribution is 5.77. The summed E-state index contributed by atoms with van der Waals surface area (Å²) >= 11 is 0. The van der Waals surface area contributed by atoms with Crippen molar-refractivity contribution in [3.63, 3.8) is 0 Å². The summed E-state index contributed by atoms with van der Waals surface area (Å²) in [4.78, 5) is 11.9. The molecule has 0 saturated heterocycles. The zero-order chi connectivity index (χ0) is 14.5. The molecule has 1 rings (SSSR count). The summed E-state index contributed by atoms with van der Waals surface area (Å²) in [6, 6.07) is 0.278. The second-order valence-electron chi connectivity index (χ2n) is 6.58. The average molecular weight is 271 g/mol. The summed E-state index contributed by atoms with van der Waals surface area (Å²) in [6.07, 6.45) is 3.64. The minimum atomic E-state index is -0.211. The maximum absolute atomic E-state index is 11.9. The fourth-order valence-electron chi connectivity index (χ4n) is 2.68. The van der Waals surface area contributed by atoms with Gasteiger partial charge in [-0.05, 0) is 39.5 Å². The molecular formula is C14H29N3O2. The molecule has 1 amide bonds. The topological polar surface area (TPSA) is 87.4 Å². The van der Waals surface area contributed by atoms with Gasteiger partial charge in [-0.2, -0.15) is 0 Å². The molecule has 5 N–H and O–H groups in total. The van der Waals surface area contributed by atoms with E-state index < -0.39 is 0 Å². The lowest BCUT2D eigenvalue weighted by Crippen LogP contribution is -2.49. The molecule has 1 aliphatic carbocycles. The molecule has 0 aromatic heterocycles. The lowest BCUT2D eigenvalue weighted by atomic mass is 10.0. The lowest BCUT2D eigenvalue weighted by Gasteiger charge is -2.27. The van der Waals surface area contributed by atoms with Crippen LogP contribution in [0.3, 0.4) is 0 Å². The second-order valence-corrected chi connectivity index (χ2v) is 6.58. The molecule has 0 heterocycles. The van der Waals surface area contributed by atoms with E-state index in [9.17, 15) is 9.90 Å². The quantitative estimate of drug-likeness (QED) is 0.562. The number of nitrogens with one attached hydrogen (secondary N) is 2. The number of amides is 1. The van der Waals surface area contributed by atoms with Crippen molar-refractivity contribution in [3.8, 4) is 0 Å². The Morgan fingerprint density at radius 2 is 2.11 bits per heavy atom. The normalized spacial score (nSPS) is 25.3. The van der Waals surface area contributed by atoms with Crippen LogP contribution in [0.4, 0.5) is 0 Å². The van der Waals surface area contributed by atoms with Crippen LogP contribution in [0.5, 0.6) is 0 Å². The molecule has 3 unspecified atom stereocenters. The number of aliphatic hydroxyl groups is 1. The molecule has 1 fully saturated rings. The highest BCUT2D eigenvalue weighted by Crippen LogP contribution is 2.25. The summed E-state index contributed by atoms with van der Waals surface area (Å²) in [5, 5.41) is 15.7. The largest absolute Gasteiger partial charge is 0.396 e. The molecule has 1 saturated carbocycles. The van der Waals surface area contributed by atoms with Gasteiger partial charge in [0.25, 0.3) is 0 Å². The first-order valence-corrected chi connectivity index (χ1v) is 7.23. The minimum absolute atomic E-state index is 0.0144. The summed E-state index contributed by atoms with van der Waals surface area (Å²) in [6.45, 7) is 6.55. The van der Waals surface area contributed by atoms with Crippen LogP contribution in [-0.2, 0) is 4.79 Å². The van der Waals surface area contributed by atoms with Gasteiger partial charge in [0.05, 0.1) is 0 Å². The van der Waals surface area contributed by atoms with Gasteiger partial charge >= 0.3 is 0 Å². The molecular weight excluding hydrogens is 242 g/mol. The maximum Gasteiger partial charge on any atom is 0.222 e. The van der Waals surface area contributed by atoms with Crippen LogP contribution in [0, 0.1) is 5.92 Å². The molecule has 5 heteroatoms. The number of rotatable bonds is 6. The van der Waals surface area contributed by atoms with E-state index in [0.717, 1.165) is 19.3 Å². The number of carbonyl (C=O) groups excluding carboxylic acids is 1. The Bertz CT molecular complexity index is 289. The van der Waals surface area contributed by atoms with Gasteiger partial charge in [0.1, 0.15) is 0 Å². The number of hydrogen-bond donors (Lipinski definition) is 4. The van der Waals surface area contributed by atoms with E-state index in [4.69, 9.17) is 5.73 Å². The lowest BCUT2D eigenvalue weighted by molar-refractivity contribution is -0.123. The van der Waals surface area contributed by atoms with Crippen LogP contribution >= 0.6 is 0 Å². The van der Waals surface area contributed by atoms with Crippen LogP contribution in [0.15, 0.2) is 0 Å². The standard InChI is InChI=1S/C14H29N3O2/c1-14(2,3)17-13(19)7-11(8-15)16-12-6-4-5-10(12)9-18/h10-12,16,18H,4-9,15H2,1-3H3,(H,17,19). The van der Waals surface area contributed by atoms with Crippen LogP contribution in [0.2, 0.25) is 0 Å². The Morgan fingerprint density at radius 3 is 2.63 bits per heavy atom. The van der Waals surface area contributed by atoms with Crippen LogP contribution in [-0.4, -0.2) is 41.8 Å². The van der Waals surface area contributed by atoms with Crippen molar-refractivity contribution in [3.05, 3.63) is 0 Å². The van der Waals surface area contributed by atoms with Crippen molar-refractivity contribution in [2.75, 3.05) is 13.2 Å². The number of hydrogen-bond acceptors (Lipinski definition) is 4. The van der Waals surface area contributed by atoms with Gasteiger partial charge in [-0.3, -0.25) is 4.79 Å². The predicted molar refractivity (Wildman–Crippen MR) is 76.7 cm³/mol. The van der Waals surface area contributed by atoms with Gasteiger partial charge in [0.2, 0.25) is 5.91 Å². The molecule has 0 bridgehead atoms. The van der Waals surface area contributed by atoms with E-state index in [1.165, 1.54) is 0 Å². The number of nitrogens with two attached hydrogens (primary N) is 1. The average Bonchev–Trinajstić information content (AvgIpc) is 2.72. The van der Waals surface area contributed by atoms with Crippen molar-refractivity contribution in [1.82, 2.24) is 10.6 Å². The summed E-state index contributed by atoms with van der Waals surface area (Å²) in [5.41, 5.74) is 5.53. The molecule has 3 atom stereocenters. The molecule has 112 valence electrons. The Balaban J connectivity index is 2.43. The van der Waals surface area contributed by atoms with Gasteiger partial charge in [0.15, 0.2) is 0 Å². The van der Waals surface area contributed by atoms with Crippen molar-refractivity contribution in [1.29, 1.82) is 0 Å². The highest BCUT2D eigenvalue weighted by atomic mass is 16.3. The summed E-state index contributed by atoms with van der Waals surface area (Å²) < 4.78 is 0. The Kier molecular flexibility index (Phi) is 6.23. The van der Waals surface area contributed by atoms with Crippen molar-refractivity contribution in [2.24, 2.45) is 11.7 Å². The van der Waals surface area contributed by atoms with Gasteiger partial charge in [-0.15, -0.1) is 0 Å². The molecule has 19 heavy (non-hydrogen) atoms. The van der Waals surface area contributed by atoms with E-state index in [0.29, 0.717) is 24.9 Å². The Hall–Kier alpha value is -0.650. The van der Waals surface area contributed by atoms with Gasteiger partial charge in [-0.1, -0.05) is 6.42 Å². The first kappa shape index (κ1) is 16.4. The zero-order valence-corrected chi connectivity index (χ0v) is 12.4. The minimum Gasteiger partial charge on any atom is -0.396 e. The number of aliphatic hydroxyl groups excluding tert-OH is 1. The molecule has 5 nitrogen and oxygen atoms in total. The Labute approximate surface area is 116 Å². The highest BCUT2D eigenvalue weighted by Gasteiger charge is 2.29. The zero-order valence-electron chi connectivity index (χ0n) is 12.4. The Morgan fingerprint density at radius 1 is 1.42 bits per heavy atom. The fourth-order valence-corrected chi connectivity index (χ4v) is 2.68. The fraction of sp³-hybridized carbons (Fsp3) is 0.929. The van der Waals surface area contributed by atoms with Gasteiger partial charge in [0, 0.05) is 37.2 Å². The summed E-state index contributed by atoms with van der Waals surface area (Å²) in [7, 11) is 0. The molecule has 0 aromatic carbocycles. The number of carbonyl (C=O) groups is 1. The van der Waals surface area contributed by atoms with E-state index in [1.807, 2.05) is 20.8 Å². The first-order valence-electron chi connectivity index (χ1n) is 7.23. The molecule has 1 aliphatic rings. The smallest absolute Gasteiger partial charge is 0.222 e. The van der Waals surface area contributed by atoms with Crippen LogP contribution < -0.4 is 16.4 Å². The third kappa shape index (κ3) is 5.89. The van der Waals surface area contributed by atoms with Crippen molar-refractivity contribution in [2.45, 2.75) is 64.1 Å². The molecule has 0 spiro atoms. The third-order valence-electron chi connectivity index (χ3n) is 3.57. The second kappa shape index (κ2) is 7.22. The van der Waals surface area contributed by atoms with Crippen molar-refractivity contribution < 1.29 is 9.90 Å². The van der Waals surface area contributed by atoms with E-state index in [2.05, 4.69) is 10.6 Å². The maximum atomic E-state index is 11.9. The van der Waals surface area contributed by atoms with E-state index in [1.54, 1.807) is 0 Å². The predicted octanol–water partition coefficient (Wildman–Crippen LogP) is 0.369. The first-order chi connectivity index (χ1) is 8.85. The van der Waals surface area contributed by atoms with Gasteiger partial charge in [-0.25, -0.2) is 0 Å². The van der Waals surface area contributed by atoms with Crippen molar-refractivity contribution >= 4 is 5.91 Å². The molecule has 0 aliphatic heterocycles. The van der Waals surface area contributed by atoms with E-state index >= 15 is 0 Å². The third-order valence-corrected chi connectivity index (χ3v) is 3.57. The summed E-state index contributed by atoms with van der Waals surface area (Å²) in [5.74, 6) is 0.328. The monoisotopic (exact) mass is 271 g/mol. The van der Waals surface area contributed by atoms with Crippen LogP contribution in [0.25, 0.3) is 0 Å². The van der Waals surface area contributed by atoms with E-state index in [-0.39, 0.29) is 24.1 Å². The van der Waals surface area contributed by atoms with Gasteiger partial charge < -0.3 is 21.5 Å².